The van der Waals surface area contributed by atoms with Gasteiger partial charge < -0.3 is 5.32 Å². The van der Waals surface area contributed by atoms with E-state index in [1.54, 1.807) is 0 Å². The maximum Gasteiger partial charge on any atom is 0.0178 e. The Morgan fingerprint density at radius 2 is 2.17 bits per heavy atom. The zero-order valence-corrected chi connectivity index (χ0v) is 13.1. The van der Waals surface area contributed by atoms with Crippen molar-refractivity contribution in [3.8, 4) is 0 Å². The van der Waals surface area contributed by atoms with Gasteiger partial charge in [-0.15, -0.1) is 0 Å². The van der Waals surface area contributed by atoms with Gasteiger partial charge in [-0.3, -0.25) is 0 Å². The first-order valence-corrected chi connectivity index (χ1v) is 7.59. The van der Waals surface area contributed by atoms with Crippen LogP contribution in [0.25, 0.3) is 0 Å². The Balaban J connectivity index is 2.62. The molecular weight excluding hydrogens is 286 g/mol. The van der Waals surface area contributed by atoms with E-state index in [4.69, 9.17) is 0 Å². The van der Waals surface area contributed by atoms with Crippen molar-refractivity contribution in [1.29, 1.82) is 0 Å². The molecule has 1 unspecified atom stereocenters. The van der Waals surface area contributed by atoms with Crippen molar-refractivity contribution >= 4 is 15.9 Å². The summed E-state index contributed by atoms with van der Waals surface area (Å²) in [5, 5.41) is 3.63. The lowest BCUT2D eigenvalue weighted by molar-refractivity contribution is 0.500. The van der Waals surface area contributed by atoms with E-state index in [0.717, 1.165) is 30.3 Å². The molecule has 1 N–H and O–H groups in total. The summed E-state index contributed by atoms with van der Waals surface area (Å²) in [5.41, 5.74) is 2.71. The van der Waals surface area contributed by atoms with E-state index in [0.29, 0.717) is 6.04 Å². The second kappa shape index (κ2) is 8.49. The van der Waals surface area contributed by atoms with Crippen LogP contribution >= 0.6 is 15.9 Å². The van der Waals surface area contributed by atoms with Crippen LogP contribution in [-0.4, -0.2) is 12.6 Å². The van der Waals surface area contributed by atoms with Gasteiger partial charge in [0.25, 0.3) is 0 Å². The van der Waals surface area contributed by atoms with Crippen LogP contribution in [0.4, 0.5) is 0 Å². The lowest BCUT2D eigenvalue weighted by atomic mass is 9.98. The van der Waals surface area contributed by atoms with Gasteiger partial charge in [-0.2, -0.15) is 0 Å². The predicted octanol–water partition coefficient (Wildman–Crippen LogP) is 4.72. The fraction of sp³-hybridized carbons (Fsp3) is 0.500. The minimum Gasteiger partial charge on any atom is -0.313 e. The molecule has 0 spiro atoms. The maximum absolute atomic E-state index is 4.13. The molecule has 0 aliphatic rings. The molecule has 1 aromatic carbocycles. The monoisotopic (exact) mass is 309 g/mol. The molecule has 0 aromatic heterocycles. The molecular formula is C16H24BrN. The van der Waals surface area contributed by atoms with Gasteiger partial charge in [-0.1, -0.05) is 54.1 Å². The van der Waals surface area contributed by atoms with Crippen LogP contribution in [0, 0.1) is 0 Å². The molecule has 1 rings (SSSR count). The highest BCUT2D eigenvalue weighted by Crippen LogP contribution is 2.16. The van der Waals surface area contributed by atoms with Crippen LogP contribution in [-0.2, 0) is 6.42 Å². The van der Waals surface area contributed by atoms with Crippen molar-refractivity contribution in [1.82, 2.24) is 5.32 Å². The molecule has 0 saturated heterocycles. The van der Waals surface area contributed by atoms with Crippen molar-refractivity contribution in [2.24, 2.45) is 0 Å². The standard InChI is InChI=1S/C16H24BrN/c1-4-9-18-16(10-13(3)5-2)12-14-7-6-8-15(17)11-14/h6-8,11,16,18H,3-5,9-10,12H2,1-2H3. The van der Waals surface area contributed by atoms with E-state index in [2.05, 4.69) is 65.9 Å². The van der Waals surface area contributed by atoms with E-state index >= 15 is 0 Å². The third kappa shape index (κ3) is 5.83. The van der Waals surface area contributed by atoms with Crippen LogP contribution in [0.5, 0.6) is 0 Å². The molecule has 0 radical (unpaired) electrons. The van der Waals surface area contributed by atoms with Crippen molar-refractivity contribution in [2.75, 3.05) is 6.54 Å². The van der Waals surface area contributed by atoms with Crippen LogP contribution < -0.4 is 5.32 Å². The second-order valence-electron chi connectivity index (χ2n) is 4.79. The summed E-state index contributed by atoms with van der Waals surface area (Å²) < 4.78 is 1.16. The molecule has 0 bridgehead atoms. The smallest absolute Gasteiger partial charge is 0.0178 e. The summed E-state index contributed by atoms with van der Waals surface area (Å²) in [5.74, 6) is 0. The second-order valence-corrected chi connectivity index (χ2v) is 5.71. The van der Waals surface area contributed by atoms with Gasteiger partial charge in [0, 0.05) is 10.5 Å². The molecule has 0 amide bonds. The minimum atomic E-state index is 0.506. The first-order chi connectivity index (χ1) is 8.65. The molecule has 1 nitrogen and oxygen atoms in total. The largest absolute Gasteiger partial charge is 0.313 e. The zero-order chi connectivity index (χ0) is 13.4. The normalized spacial score (nSPS) is 12.4. The minimum absolute atomic E-state index is 0.506. The average molecular weight is 310 g/mol. The van der Waals surface area contributed by atoms with Crippen LogP contribution in [0.3, 0.4) is 0 Å². The van der Waals surface area contributed by atoms with Gasteiger partial charge in [0.15, 0.2) is 0 Å². The van der Waals surface area contributed by atoms with Crippen molar-refractivity contribution in [3.63, 3.8) is 0 Å². The summed E-state index contributed by atoms with van der Waals surface area (Å²) in [4.78, 5) is 0. The molecule has 100 valence electrons. The van der Waals surface area contributed by atoms with Crippen LogP contribution in [0.2, 0.25) is 0 Å². The van der Waals surface area contributed by atoms with Gasteiger partial charge in [0.1, 0.15) is 0 Å². The van der Waals surface area contributed by atoms with E-state index in [1.165, 1.54) is 17.6 Å². The van der Waals surface area contributed by atoms with Crippen molar-refractivity contribution in [3.05, 3.63) is 46.5 Å². The Bertz CT molecular complexity index is 373. The summed E-state index contributed by atoms with van der Waals surface area (Å²) in [6.45, 7) is 9.60. The summed E-state index contributed by atoms with van der Waals surface area (Å²) >= 11 is 3.53. The molecule has 0 aliphatic carbocycles. The number of benzene rings is 1. The lowest BCUT2D eigenvalue weighted by Gasteiger charge is -2.19. The summed E-state index contributed by atoms with van der Waals surface area (Å²) in [6.07, 6.45) is 4.39. The highest BCUT2D eigenvalue weighted by atomic mass is 79.9. The Kier molecular flexibility index (Phi) is 7.29. The van der Waals surface area contributed by atoms with E-state index in [-0.39, 0.29) is 0 Å². The predicted molar refractivity (Wildman–Crippen MR) is 84.0 cm³/mol. The SMILES string of the molecule is C=C(CC)CC(Cc1cccc(Br)c1)NCCC. The Hall–Kier alpha value is -0.600. The topological polar surface area (TPSA) is 12.0 Å². The number of hydrogen-bond donors (Lipinski definition) is 1. The lowest BCUT2D eigenvalue weighted by Crippen LogP contribution is -2.32. The molecule has 0 fully saturated rings. The zero-order valence-electron chi connectivity index (χ0n) is 11.5. The third-order valence-corrected chi connectivity index (χ3v) is 3.58. The van der Waals surface area contributed by atoms with Gasteiger partial charge >= 0.3 is 0 Å². The maximum atomic E-state index is 4.13. The molecule has 0 heterocycles. The number of nitrogens with one attached hydrogen (secondary N) is 1. The molecule has 2 heteroatoms. The van der Waals surface area contributed by atoms with Gasteiger partial charge in [0.2, 0.25) is 0 Å². The Labute approximate surface area is 120 Å². The van der Waals surface area contributed by atoms with E-state index < -0.39 is 0 Å². The highest BCUT2D eigenvalue weighted by Gasteiger charge is 2.10. The highest BCUT2D eigenvalue weighted by molar-refractivity contribution is 9.10. The molecule has 1 aromatic rings. The number of rotatable bonds is 8. The molecule has 0 saturated carbocycles. The number of halogens is 1. The van der Waals surface area contributed by atoms with Crippen LogP contribution in [0.15, 0.2) is 40.9 Å². The van der Waals surface area contributed by atoms with Gasteiger partial charge in [-0.25, -0.2) is 0 Å². The summed E-state index contributed by atoms with van der Waals surface area (Å²) in [6, 6.07) is 9.08. The van der Waals surface area contributed by atoms with Crippen molar-refractivity contribution < 1.29 is 0 Å². The third-order valence-electron chi connectivity index (χ3n) is 3.09. The van der Waals surface area contributed by atoms with E-state index in [9.17, 15) is 0 Å². The van der Waals surface area contributed by atoms with Crippen molar-refractivity contribution in [2.45, 2.75) is 45.6 Å². The Morgan fingerprint density at radius 1 is 1.39 bits per heavy atom. The van der Waals surface area contributed by atoms with Gasteiger partial charge in [-0.05, 0) is 49.9 Å². The fourth-order valence-electron chi connectivity index (χ4n) is 2.01. The van der Waals surface area contributed by atoms with Gasteiger partial charge in [0.05, 0.1) is 0 Å². The first-order valence-electron chi connectivity index (χ1n) is 6.80. The quantitative estimate of drug-likeness (QED) is 0.685. The average Bonchev–Trinajstić information content (AvgIpc) is 2.35. The fourth-order valence-corrected chi connectivity index (χ4v) is 2.45. The summed E-state index contributed by atoms with van der Waals surface area (Å²) in [7, 11) is 0. The Morgan fingerprint density at radius 3 is 2.78 bits per heavy atom. The van der Waals surface area contributed by atoms with Crippen LogP contribution in [0.1, 0.15) is 38.7 Å². The molecule has 18 heavy (non-hydrogen) atoms. The number of hydrogen-bond acceptors (Lipinski definition) is 1. The van der Waals surface area contributed by atoms with E-state index in [1.807, 2.05) is 0 Å². The molecule has 0 aliphatic heterocycles. The first kappa shape index (κ1) is 15.5. The molecule has 1 atom stereocenters.